The van der Waals surface area contributed by atoms with E-state index in [-0.39, 0.29) is 24.8 Å². The van der Waals surface area contributed by atoms with Crippen molar-refractivity contribution < 1.29 is 27.1 Å². The van der Waals surface area contributed by atoms with E-state index in [1.54, 1.807) is 0 Å². The highest BCUT2D eigenvalue weighted by molar-refractivity contribution is 5.74. The highest BCUT2D eigenvalue weighted by Gasteiger charge is 2.68. The molecule has 0 radical (unpaired) electrons. The highest BCUT2D eigenvalue weighted by atomic mass is 19.3. The smallest absolute Gasteiger partial charge is 0.388 e. The number of nitrogens with zero attached hydrogens (tertiary/aromatic N) is 1. The average molecular weight is 333 g/mol. The summed E-state index contributed by atoms with van der Waals surface area (Å²) in [6, 6.07) is 1.74. The van der Waals surface area contributed by atoms with Crippen LogP contribution in [0.4, 0.5) is 22.4 Å². The number of pyridine rings is 1. The van der Waals surface area contributed by atoms with Crippen LogP contribution in [0.5, 0.6) is 5.88 Å². The van der Waals surface area contributed by atoms with Gasteiger partial charge in [-0.3, -0.25) is 0 Å². The number of halogens is 4. The quantitative estimate of drug-likeness (QED) is 0.814. The van der Waals surface area contributed by atoms with Gasteiger partial charge in [0.15, 0.2) is 0 Å². The van der Waals surface area contributed by atoms with Crippen molar-refractivity contribution in [3.05, 3.63) is 23.9 Å². The first-order valence-corrected chi connectivity index (χ1v) is 7.19. The molecule has 0 spiro atoms. The first-order valence-electron chi connectivity index (χ1n) is 7.19. The van der Waals surface area contributed by atoms with E-state index in [4.69, 9.17) is 0 Å². The van der Waals surface area contributed by atoms with E-state index in [1.165, 1.54) is 18.3 Å². The molecule has 126 valence electrons. The molecule has 5 nitrogen and oxygen atoms in total. The SMILES string of the molecule is O=C(NCc1ccnc(OC(F)F)c1)NC1C2CCC(F)(F)C21. The number of hydrogen-bond acceptors (Lipinski definition) is 3. The van der Waals surface area contributed by atoms with Gasteiger partial charge < -0.3 is 15.4 Å². The number of carbonyl (C=O) groups is 1. The Bertz CT molecular complexity index is 599. The second kappa shape index (κ2) is 5.86. The predicted molar refractivity (Wildman–Crippen MR) is 71.2 cm³/mol. The third-order valence-corrected chi connectivity index (χ3v) is 4.23. The minimum Gasteiger partial charge on any atom is -0.417 e. The van der Waals surface area contributed by atoms with Gasteiger partial charge >= 0.3 is 12.6 Å². The van der Waals surface area contributed by atoms with E-state index in [1.807, 2.05) is 0 Å². The summed E-state index contributed by atoms with van der Waals surface area (Å²) in [5.74, 6) is -3.87. The topological polar surface area (TPSA) is 63.2 Å². The minimum absolute atomic E-state index is 0.0480. The lowest BCUT2D eigenvalue weighted by atomic mass is 10.2. The molecule has 2 fully saturated rings. The number of fused-ring (bicyclic) bond motifs is 1. The zero-order valence-electron chi connectivity index (χ0n) is 11.9. The summed E-state index contributed by atoms with van der Waals surface area (Å²) in [6.45, 7) is -2.93. The molecule has 0 aliphatic heterocycles. The zero-order valence-corrected chi connectivity index (χ0v) is 11.9. The van der Waals surface area contributed by atoms with Crippen molar-refractivity contribution in [2.45, 2.75) is 38.0 Å². The highest BCUT2D eigenvalue weighted by Crippen LogP contribution is 2.59. The van der Waals surface area contributed by atoms with E-state index in [0.717, 1.165) is 0 Å². The summed E-state index contributed by atoms with van der Waals surface area (Å²) >= 11 is 0. The molecule has 0 bridgehead atoms. The number of carbonyl (C=O) groups excluding carboxylic acids is 1. The number of alkyl halides is 4. The van der Waals surface area contributed by atoms with Crippen molar-refractivity contribution in [1.29, 1.82) is 0 Å². The molecule has 3 unspecified atom stereocenters. The van der Waals surface area contributed by atoms with Crippen molar-refractivity contribution in [2.75, 3.05) is 0 Å². The largest absolute Gasteiger partial charge is 0.417 e. The van der Waals surface area contributed by atoms with Gasteiger partial charge in [0, 0.05) is 37.2 Å². The first kappa shape index (κ1) is 15.8. The van der Waals surface area contributed by atoms with Gasteiger partial charge in [-0.25, -0.2) is 18.6 Å². The summed E-state index contributed by atoms with van der Waals surface area (Å²) in [5.41, 5.74) is 0.507. The van der Waals surface area contributed by atoms with Crippen LogP contribution in [0.15, 0.2) is 18.3 Å². The normalized spacial score (nSPS) is 27.4. The molecule has 23 heavy (non-hydrogen) atoms. The zero-order chi connectivity index (χ0) is 16.6. The summed E-state index contributed by atoms with van der Waals surface area (Å²) in [6.07, 6.45) is 1.58. The fourth-order valence-corrected chi connectivity index (χ4v) is 3.13. The van der Waals surface area contributed by atoms with E-state index in [9.17, 15) is 22.4 Å². The summed E-state index contributed by atoms with van der Waals surface area (Å²) < 4.78 is 55.2. The molecule has 1 heterocycles. The van der Waals surface area contributed by atoms with Crippen LogP contribution in [0.25, 0.3) is 0 Å². The number of urea groups is 1. The molecular weight excluding hydrogens is 318 g/mol. The molecule has 1 aromatic heterocycles. The van der Waals surface area contributed by atoms with Gasteiger partial charge in [0.2, 0.25) is 5.88 Å². The molecular formula is C14H15F4N3O2. The van der Waals surface area contributed by atoms with E-state index in [0.29, 0.717) is 12.0 Å². The lowest BCUT2D eigenvalue weighted by Crippen LogP contribution is -2.39. The molecule has 1 aromatic rings. The van der Waals surface area contributed by atoms with Gasteiger partial charge in [0.1, 0.15) is 0 Å². The van der Waals surface area contributed by atoms with Crippen LogP contribution in [0, 0.1) is 11.8 Å². The Kier molecular flexibility index (Phi) is 4.03. The standard InChI is InChI=1S/C14H15F4N3O2/c15-12(16)23-9-5-7(2-4-19-9)6-20-13(22)21-11-8-1-3-14(17,18)10(8)11/h2,4-5,8,10-12H,1,3,6H2,(H2,20,21,22). The predicted octanol–water partition coefficient (Wildman–Crippen LogP) is 2.53. The van der Waals surface area contributed by atoms with Crippen LogP contribution < -0.4 is 15.4 Å². The lowest BCUT2D eigenvalue weighted by Gasteiger charge is -2.14. The fraction of sp³-hybridized carbons (Fsp3) is 0.571. The Hall–Kier alpha value is -2.06. The Balaban J connectivity index is 1.47. The van der Waals surface area contributed by atoms with Crippen LogP contribution in [0.2, 0.25) is 0 Å². The van der Waals surface area contributed by atoms with Gasteiger partial charge in [-0.2, -0.15) is 8.78 Å². The third kappa shape index (κ3) is 3.48. The number of amides is 2. The molecule has 2 aliphatic carbocycles. The summed E-state index contributed by atoms with van der Waals surface area (Å²) in [5, 5.41) is 5.03. The molecule has 2 saturated carbocycles. The Morgan fingerprint density at radius 2 is 2.26 bits per heavy atom. The molecule has 3 rings (SSSR count). The second-order valence-corrected chi connectivity index (χ2v) is 5.72. The molecule has 2 N–H and O–H groups in total. The van der Waals surface area contributed by atoms with Gasteiger partial charge in [-0.05, 0) is 24.0 Å². The molecule has 2 aliphatic rings. The number of ether oxygens (including phenoxy) is 1. The van der Waals surface area contributed by atoms with Gasteiger partial charge in [0.05, 0.1) is 0 Å². The number of nitrogens with one attached hydrogen (secondary N) is 2. The van der Waals surface area contributed by atoms with E-state index >= 15 is 0 Å². The van der Waals surface area contributed by atoms with Crippen LogP contribution in [0.3, 0.4) is 0 Å². The van der Waals surface area contributed by atoms with Crippen LogP contribution >= 0.6 is 0 Å². The molecule has 0 aromatic carbocycles. The van der Waals surface area contributed by atoms with Crippen molar-refractivity contribution >= 4 is 6.03 Å². The third-order valence-electron chi connectivity index (χ3n) is 4.23. The minimum atomic E-state index is -2.98. The number of aromatic nitrogens is 1. The van der Waals surface area contributed by atoms with Gasteiger partial charge in [-0.1, -0.05) is 0 Å². The van der Waals surface area contributed by atoms with Gasteiger partial charge in [0.25, 0.3) is 5.92 Å². The Labute approximate surface area is 129 Å². The maximum atomic E-state index is 13.4. The molecule has 3 atom stereocenters. The monoisotopic (exact) mass is 333 g/mol. The molecule has 2 amide bonds. The van der Waals surface area contributed by atoms with Crippen LogP contribution in [-0.2, 0) is 6.54 Å². The van der Waals surface area contributed by atoms with Crippen LogP contribution in [-0.4, -0.2) is 29.6 Å². The van der Waals surface area contributed by atoms with Crippen LogP contribution in [0.1, 0.15) is 18.4 Å². The van der Waals surface area contributed by atoms with Crippen molar-refractivity contribution in [3.63, 3.8) is 0 Å². The van der Waals surface area contributed by atoms with E-state index in [2.05, 4.69) is 20.4 Å². The first-order chi connectivity index (χ1) is 10.9. The molecule has 9 heteroatoms. The maximum absolute atomic E-state index is 13.4. The number of hydrogen-bond donors (Lipinski definition) is 2. The summed E-state index contributed by atoms with van der Waals surface area (Å²) in [7, 11) is 0. The summed E-state index contributed by atoms with van der Waals surface area (Å²) in [4.78, 5) is 15.3. The van der Waals surface area contributed by atoms with Gasteiger partial charge in [-0.15, -0.1) is 0 Å². The lowest BCUT2D eigenvalue weighted by molar-refractivity contribution is -0.0529. The fourth-order valence-electron chi connectivity index (χ4n) is 3.13. The van der Waals surface area contributed by atoms with Crippen molar-refractivity contribution in [2.24, 2.45) is 11.8 Å². The average Bonchev–Trinajstić information content (AvgIpc) is 3.06. The van der Waals surface area contributed by atoms with Crippen molar-refractivity contribution in [1.82, 2.24) is 15.6 Å². The Morgan fingerprint density at radius 1 is 1.48 bits per heavy atom. The van der Waals surface area contributed by atoms with E-state index < -0.39 is 30.5 Å². The Morgan fingerprint density at radius 3 is 2.91 bits per heavy atom. The second-order valence-electron chi connectivity index (χ2n) is 5.72. The molecule has 0 saturated heterocycles. The van der Waals surface area contributed by atoms with Crippen molar-refractivity contribution in [3.8, 4) is 5.88 Å². The maximum Gasteiger partial charge on any atom is 0.388 e. The number of rotatable bonds is 5.